The van der Waals surface area contributed by atoms with Crippen LogP contribution in [-0.2, 0) is 16.4 Å². The molecule has 2 heterocycles. The fourth-order valence-corrected chi connectivity index (χ4v) is 6.49. The van der Waals surface area contributed by atoms with Crippen molar-refractivity contribution in [3.63, 3.8) is 0 Å². The number of hydrogen-bond donors (Lipinski definition) is 1. The van der Waals surface area contributed by atoms with Gasteiger partial charge in [0.05, 0.1) is 4.90 Å². The normalized spacial score (nSPS) is 19.6. The third-order valence-electron chi connectivity index (χ3n) is 5.48. The topological polar surface area (TPSA) is 92.3 Å². The maximum absolute atomic E-state index is 13.0. The average Bonchev–Trinajstić information content (AvgIpc) is 3.20. The summed E-state index contributed by atoms with van der Waals surface area (Å²) in [5.41, 5.74) is 1.49. The summed E-state index contributed by atoms with van der Waals surface area (Å²) in [4.78, 5) is 12.8. The van der Waals surface area contributed by atoms with Crippen molar-refractivity contribution >= 4 is 32.4 Å². The highest BCUT2D eigenvalue weighted by Gasteiger charge is 2.31. The summed E-state index contributed by atoms with van der Waals surface area (Å²) >= 11 is 1.32. The van der Waals surface area contributed by atoms with Crippen LogP contribution in [0.5, 0.6) is 0 Å². The maximum Gasteiger partial charge on any atom is 0.257 e. The van der Waals surface area contributed by atoms with Crippen molar-refractivity contribution in [2.24, 2.45) is 11.8 Å². The number of amides is 1. The molecule has 0 saturated carbocycles. The molecule has 1 amide bonds. The van der Waals surface area contributed by atoms with Crippen LogP contribution in [0.2, 0.25) is 0 Å². The molecular formula is C23H26N4O3S2. The molecule has 1 aliphatic rings. The summed E-state index contributed by atoms with van der Waals surface area (Å²) < 4.78 is 27.6. The number of piperidine rings is 1. The highest BCUT2D eigenvalue weighted by Crippen LogP contribution is 2.27. The standard InChI is InChI=1S/C23H26N4O3S2/c1-16-12-17(2)15-27(14-16)32(29,30)20-10-8-19(9-11-20)22(28)24-23-26-25-21(31-23)13-18-6-4-3-5-7-18/h3-11,16-17H,12-15H2,1-2H3,(H,24,26,28)/t16-,17-/m1/s1. The van der Waals surface area contributed by atoms with Gasteiger partial charge in [-0.2, -0.15) is 4.31 Å². The van der Waals surface area contributed by atoms with E-state index in [1.165, 1.54) is 35.6 Å². The summed E-state index contributed by atoms with van der Waals surface area (Å²) in [6.07, 6.45) is 1.68. The van der Waals surface area contributed by atoms with Crippen LogP contribution in [0.15, 0.2) is 59.5 Å². The Balaban J connectivity index is 1.41. The second-order valence-corrected chi connectivity index (χ2v) is 11.4. The van der Waals surface area contributed by atoms with Crippen LogP contribution < -0.4 is 5.32 Å². The van der Waals surface area contributed by atoms with E-state index in [2.05, 4.69) is 29.4 Å². The first-order valence-electron chi connectivity index (χ1n) is 10.6. The molecule has 9 heteroatoms. The number of hydrogen-bond acceptors (Lipinski definition) is 6. The van der Waals surface area contributed by atoms with Crippen LogP contribution in [0.4, 0.5) is 5.13 Å². The molecule has 0 aliphatic carbocycles. The Morgan fingerprint density at radius 2 is 1.69 bits per heavy atom. The smallest absolute Gasteiger partial charge is 0.257 e. The minimum Gasteiger partial charge on any atom is -0.296 e. The monoisotopic (exact) mass is 470 g/mol. The zero-order chi connectivity index (χ0) is 22.7. The Labute approximate surface area is 192 Å². The lowest BCUT2D eigenvalue weighted by molar-refractivity contribution is 0.102. The number of carbonyl (C=O) groups excluding carboxylic acids is 1. The van der Waals surface area contributed by atoms with E-state index < -0.39 is 10.0 Å². The van der Waals surface area contributed by atoms with Gasteiger partial charge in [0.1, 0.15) is 5.01 Å². The largest absolute Gasteiger partial charge is 0.296 e. The van der Waals surface area contributed by atoms with Crippen LogP contribution in [0.3, 0.4) is 0 Å². The minimum atomic E-state index is -3.57. The van der Waals surface area contributed by atoms with Crippen molar-refractivity contribution in [3.05, 3.63) is 70.7 Å². The van der Waals surface area contributed by atoms with E-state index >= 15 is 0 Å². The first-order chi connectivity index (χ1) is 15.3. The number of nitrogens with one attached hydrogen (secondary N) is 1. The van der Waals surface area contributed by atoms with Crippen molar-refractivity contribution in [1.29, 1.82) is 0 Å². The number of aromatic nitrogens is 2. The Kier molecular flexibility index (Phi) is 6.68. The van der Waals surface area contributed by atoms with E-state index in [4.69, 9.17) is 0 Å². The number of sulfonamides is 1. The van der Waals surface area contributed by atoms with E-state index in [1.807, 2.05) is 30.3 Å². The van der Waals surface area contributed by atoms with Gasteiger partial charge < -0.3 is 0 Å². The number of anilines is 1. The van der Waals surface area contributed by atoms with Crippen LogP contribution >= 0.6 is 11.3 Å². The van der Waals surface area contributed by atoms with Gasteiger partial charge in [-0.3, -0.25) is 10.1 Å². The van der Waals surface area contributed by atoms with E-state index in [9.17, 15) is 13.2 Å². The summed E-state index contributed by atoms with van der Waals surface area (Å²) in [6, 6.07) is 16.0. The Morgan fingerprint density at radius 3 is 2.34 bits per heavy atom. The summed E-state index contributed by atoms with van der Waals surface area (Å²) in [5.74, 6) is 0.311. The van der Waals surface area contributed by atoms with Crippen molar-refractivity contribution in [3.8, 4) is 0 Å². The predicted molar refractivity (Wildman–Crippen MR) is 125 cm³/mol. The minimum absolute atomic E-state index is 0.205. The molecule has 1 N–H and O–H groups in total. The molecule has 168 valence electrons. The summed E-state index contributed by atoms with van der Waals surface area (Å²) in [5, 5.41) is 12.1. The number of rotatable bonds is 6. The number of carbonyl (C=O) groups is 1. The fraction of sp³-hybridized carbons (Fsp3) is 0.348. The highest BCUT2D eigenvalue weighted by atomic mass is 32.2. The molecule has 0 bridgehead atoms. The molecule has 2 atom stereocenters. The molecule has 1 fully saturated rings. The van der Waals surface area contributed by atoms with Gasteiger partial charge in [0.15, 0.2) is 0 Å². The Hall–Kier alpha value is -2.62. The molecule has 1 aromatic heterocycles. The summed E-state index contributed by atoms with van der Waals surface area (Å²) in [6.45, 7) is 5.20. The second kappa shape index (κ2) is 9.48. The zero-order valence-electron chi connectivity index (χ0n) is 18.1. The van der Waals surface area contributed by atoms with Gasteiger partial charge in [0.2, 0.25) is 15.2 Å². The van der Waals surface area contributed by atoms with Gasteiger partial charge in [-0.15, -0.1) is 10.2 Å². The van der Waals surface area contributed by atoms with Gasteiger partial charge >= 0.3 is 0 Å². The lowest BCUT2D eigenvalue weighted by Gasteiger charge is -2.34. The van der Waals surface area contributed by atoms with E-state index in [1.54, 1.807) is 4.31 Å². The van der Waals surface area contributed by atoms with E-state index in [0.29, 0.717) is 42.0 Å². The fourth-order valence-electron chi connectivity index (χ4n) is 4.04. The second-order valence-electron chi connectivity index (χ2n) is 8.41. The Morgan fingerprint density at radius 1 is 1.03 bits per heavy atom. The van der Waals surface area contributed by atoms with Crippen molar-refractivity contribution < 1.29 is 13.2 Å². The lowest BCUT2D eigenvalue weighted by Crippen LogP contribution is -2.42. The molecule has 0 radical (unpaired) electrons. The van der Waals surface area contributed by atoms with E-state index in [-0.39, 0.29) is 10.8 Å². The van der Waals surface area contributed by atoms with Gasteiger partial charge in [-0.25, -0.2) is 8.42 Å². The molecule has 2 aromatic carbocycles. The molecule has 7 nitrogen and oxygen atoms in total. The van der Waals surface area contributed by atoms with Gasteiger partial charge in [0, 0.05) is 25.1 Å². The van der Waals surface area contributed by atoms with Crippen molar-refractivity contribution in [1.82, 2.24) is 14.5 Å². The third kappa shape index (κ3) is 5.23. The quantitative estimate of drug-likeness (QED) is 0.587. The molecule has 1 aliphatic heterocycles. The zero-order valence-corrected chi connectivity index (χ0v) is 19.7. The van der Waals surface area contributed by atoms with Gasteiger partial charge in [-0.05, 0) is 48.1 Å². The molecule has 0 unspecified atom stereocenters. The van der Waals surface area contributed by atoms with Crippen LogP contribution in [-0.4, -0.2) is 41.9 Å². The molecule has 1 saturated heterocycles. The average molecular weight is 471 g/mol. The predicted octanol–water partition coefficient (Wildman–Crippen LogP) is 4.05. The van der Waals surface area contributed by atoms with Gasteiger partial charge in [-0.1, -0.05) is 55.5 Å². The highest BCUT2D eigenvalue weighted by molar-refractivity contribution is 7.89. The first-order valence-corrected chi connectivity index (χ1v) is 12.8. The summed E-state index contributed by atoms with van der Waals surface area (Å²) in [7, 11) is -3.57. The van der Waals surface area contributed by atoms with Crippen molar-refractivity contribution in [2.45, 2.75) is 31.6 Å². The molecule has 0 spiro atoms. The molecule has 3 aromatic rings. The SMILES string of the molecule is C[C@@H]1C[C@@H](C)CN(S(=O)(=O)c2ccc(C(=O)Nc3nnc(Cc4ccccc4)s3)cc2)C1. The van der Waals surface area contributed by atoms with E-state index in [0.717, 1.165) is 17.0 Å². The first kappa shape index (κ1) is 22.6. The third-order valence-corrected chi connectivity index (χ3v) is 8.16. The molecule has 4 rings (SSSR count). The van der Waals surface area contributed by atoms with Crippen molar-refractivity contribution in [2.75, 3.05) is 18.4 Å². The van der Waals surface area contributed by atoms with Crippen LogP contribution in [0, 0.1) is 11.8 Å². The number of nitrogens with zero attached hydrogens (tertiary/aromatic N) is 3. The lowest BCUT2D eigenvalue weighted by atomic mass is 9.94. The van der Waals surface area contributed by atoms with Crippen LogP contribution in [0.25, 0.3) is 0 Å². The maximum atomic E-state index is 13.0. The van der Waals surface area contributed by atoms with Gasteiger partial charge in [0.25, 0.3) is 5.91 Å². The Bertz CT molecular complexity index is 1170. The molecule has 32 heavy (non-hydrogen) atoms. The molecular weight excluding hydrogens is 444 g/mol. The number of benzene rings is 2. The van der Waals surface area contributed by atoms with Crippen LogP contribution in [0.1, 0.15) is 41.2 Å².